The maximum atomic E-state index is 12.9. The molecular formula is C47H42Cl2F6Hf. The zero-order valence-corrected chi connectivity index (χ0v) is 37.0. The van der Waals surface area contributed by atoms with Gasteiger partial charge in [-0.25, -0.2) is 0 Å². The van der Waals surface area contributed by atoms with Crippen LogP contribution in [0.25, 0.3) is 27.5 Å². The van der Waals surface area contributed by atoms with E-state index >= 15 is 0 Å². The van der Waals surface area contributed by atoms with Gasteiger partial charge in [0.2, 0.25) is 0 Å². The summed E-state index contributed by atoms with van der Waals surface area (Å²) in [6, 6.07) is 38.6. The molecule has 56 heavy (non-hydrogen) atoms. The van der Waals surface area contributed by atoms with E-state index in [4.69, 9.17) is 0 Å². The van der Waals surface area contributed by atoms with Crippen LogP contribution in [-0.2, 0) is 55.4 Å². The summed E-state index contributed by atoms with van der Waals surface area (Å²) in [5.41, 5.74) is 7.27. The van der Waals surface area contributed by atoms with E-state index in [0.29, 0.717) is 11.5 Å². The molecule has 290 valence electrons. The molecule has 0 bridgehead atoms. The molecule has 0 amide bonds. The second-order valence-electron chi connectivity index (χ2n) is 15.8. The minimum absolute atomic E-state index is 0. The molecule has 0 aromatic heterocycles. The first-order chi connectivity index (χ1) is 24.8. The number of hydrogen-bond acceptors (Lipinski definition) is 0. The SMILES string of the molecule is CC(C)(C)c1cc(C2=[C-]c3ccccc3C2Cc2ccccc2)cc(C(C)(C)C)c1.FC(F)(F)c1cc(-c2cc3ccccc3[cH-]2)cc(C(F)(F)F)c1.[Cl-].[Cl-].[Hf+4]. The Morgan fingerprint density at radius 3 is 1.57 bits per heavy atom. The Morgan fingerprint density at radius 1 is 0.554 bits per heavy atom. The van der Waals surface area contributed by atoms with Crippen LogP contribution in [-0.4, -0.2) is 0 Å². The second-order valence-corrected chi connectivity index (χ2v) is 15.8. The molecule has 0 radical (unpaired) electrons. The van der Waals surface area contributed by atoms with E-state index in [2.05, 4.69) is 120 Å². The van der Waals surface area contributed by atoms with Gasteiger partial charge in [0.25, 0.3) is 0 Å². The maximum Gasteiger partial charge on any atom is 4.00 e. The molecule has 0 fully saturated rings. The molecule has 1 atom stereocenters. The minimum Gasteiger partial charge on any atom is -1.00 e. The van der Waals surface area contributed by atoms with Crippen LogP contribution in [0.4, 0.5) is 26.3 Å². The van der Waals surface area contributed by atoms with Crippen LogP contribution in [0.15, 0.2) is 127 Å². The van der Waals surface area contributed by atoms with Crippen molar-refractivity contribution in [2.24, 2.45) is 0 Å². The maximum absolute atomic E-state index is 12.9. The van der Waals surface area contributed by atoms with Gasteiger partial charge >= 0.3 is 38.2 Å². The van der Waals surface area contributed by atoms with Crippen molar-refractivity contribution < 1.29 is 77.0 Å². The van der Waals surface area contributed by atoms with Crippen molar-refractivity contribution in [3.05, 3.63) is 178 Å². The first-order valence-electron chi connectivity index (χ1n) is 17.7. The van der Waals surface area contributed by atoms with Crippen LogP contribution >= 0.6 is 0 Å². The Morgan fingerprint density at radius 2 is 1.04 bits per heavy atom. The summed E-state index contributed by atoms with van der Waals surface area (Å²) in [6.07, 6.45) is -4.89. The summed E-state index contributed by atoms with van der Waals surface area (Å²) in [5.74, 6) is 0.339. The normalized spacial score (nSPS) is 14.0. The molecule has 6 aromatic carbocycles. The fraction of sp³-hybridized carbons (Fsp3) is 0.255. The van der Waals surface area contributed by atoms with Gasteiger partial charge in [0.15, 0.2) is 0 Å². The van der Waals surface area contributed by atoms with Crippen molar-refractivity contribution in [1.29, 1.82) is 0 Å². The van der Waals surface area contributed by atoms with Crippen LogP contribution < -0.4 is 24.8 Å². The van der Waals surface area contributed by atoms with Crippen LogP contribution in [0, 0.1) is 6.08 Å². The van der Waals surface area contributed by atoms with Gasteiger partial charge in [-0.2, -0.15) is 26.3 Å². The molecule has 0 spiro atoms. The van der Waals surface area contributed by atoms with Crippen molar-refractivity contribution in [1.82, 2.24) is 0 Å². The average molecular weight is 970 g/mol. The van der Waals surface area contributed by atoms with Crippen molar-refractivity contribution in [3.63, 3.8) is 0 Å². The third-order valence-corrected chi connectivity index (χ3v) is 9.75. The number of hydrogen-bond donors (Lipinski definition) is 0. The van der Waals surface area contributed by atoms with Crippen molar-refractivity contribution in [3.8, 4) is 11.1 Å². The number of fused-ring (bicyclic) bond motifs is 2. The zero-order valence-electron chi connectivity index (χ0n) is 31.9. The summed E-state index contributed by atoms with van der Waals surface area (Å²) in [4.78, 5) is 0. The molecular weight excluding hydrogens is 928 g/mol. The van der Waals surface area contributed by atoms with Gasteiger partial charge in [0, 0.05) is 11.1 Å². The molecule has 1 aliphatic rings. The summed E-state index contributed by atoms with van der Waals surface area (Å²) in [5, 5.41) is 1.52. The van der Waals surface area contributed by atoms with Gasteiger partial charge in [-0.3, -0.25) is 0 Å². The van der Waals surface area contributed by atoms with E-state index in [-0.39, 0.29) is 73.1 Å². The first-order valence-corrected chi connectivity index (χ1v) is 17.7. The van der Waals surface area contributed by atoms with Gasteiger partial charge in [0.1, 0.15) is 0 Å². The third-order valence-electron chi connectivity index (χ3n) is 9.75. The van der Waals surface area contributed by atoms with Gasteiger partial charge in [-0.05, 0) is 34.8 Å². The largest absolute Gasteiger partial charge is 4.00 e. The Labute approximate surface area is 357 Å². The Kier molecular flexibility index (Phi) is 15.0. The van der Waals surface area contributed by atoms with E-state index in [1.165, 1.54) is 39.0 Å². The molecule has 6 aromatic rings. The number of halogens is 8. The van der Waals surface area contributed by atoms with E-state index in [9.17, 15) is 26.3 Å². The molecule has 1 unspecified atom stereocenters. The number of rotatable bonds is 4. The van der Waals surface area contributed by atoms with Crippen LogP contribution in [0.3, 0.4) is 0 Å². The predicted molar refractivity (Wildman–Crippen MR) is 204 cm³/mol. The van der Waals surface area contributed by atoms with E-state index in [1.54, 1.807) is 36.4 Å². The number of alkyl halides is 6. The molecule has 0 saturated carbocycles. The molecule has 0 aliphatic heterocycles. The quantitative estimate of drug-likeness (QED) is 0.0953. The summed E-state index contributed by atoms with van der Waals surface area (Å²) in [6.45, 7) is 13.8. The molecule has 7 rings (SSSR count). The van der Waals surface area contributed by atoms with Crippen LogP contribution in [0.2, 0.25) is 0 Å². The molecule has 1 aliphatic carbocycles. The minimum atomic E-state index is -4.85. The van der Waals surface area contributed by atoms with Gasteiger partial charge in [-0.1, -0.05) is 149 Å². The topological polar surface area (TPSA) is 0 Å². The van der Waals surface area contributed by atoms with Crippen LogP contribution in [0.1, 0.15) is 92.0 Å². The van der Waals surface area contributed by atoms with Crippen LogP contribution in [0.5, 0.6) is 0 Å². The van der Waals surface area contributed by atoms with E-state index in [1.807, 2.05) is 0 Å². The Hall–Kier alpha value is -3.52. The number of allylic oxidation sites excluding steroid dienone is 1. The monoisotopic (exact) mass is 970 g/mol. The molecule has 0 saturated heterocycles. The van der Waals surface area contributed by atoms with Gasteiger partial charge in [0.05, 0.1) is 0 Å². The van der Waals surface area contributed by atoms with Gasteiger partial charge in [-0.15, -0.1) is 75.5 Å². The Bertz CT molecular complexity index is 2170. The summed E-state index contributed by atoms with van der Waals surface area (Å²) >= 11 is 0. The molecule has 0 heterocycles. The fourth-order valence-corrected chi connectivity index (χ4v) is 6.73. The Balaban J connectivity index is 0.000000294. The zero-order chi connectivity index (χ0) is 38.3. The molecule has 0 nitrogen and oxygen atoms in total. The smallest absolute Gasteiger partial charge is 1.00 e. The van der Waals surface area contributed by atoms with E-state index < -0.39 is 23.5 Å². The van der Waals surface area contributed by atoms with E-state index in [0.717, 1.165) is 29.3 Å². The van der Waals surface area contributed by atoms with Crippen molar-refractivity contribution >= 4 is 16.3 Å². The summed E-state index contributed by atoms with van der Waals surface area (Å²) in [7, 11) is 0. The second kappa shape index (κ2) is 18.0. The van der Waals surface area contributed by atoms with Crippen molar-refractivity contribution in [2.45, 2.75) is 77.1 Å². The number of benzene rings is 5. The summed E-state index contributed by atoms with van der Waals surface area (Å²) < 4.78 is 77.3. The molecule has 9 heteroatoms. The first kappa shape index (κ1) is 46.9. The molecule has 0 N–H and O–H groups in total. The predicted octanol–water partition coefficient (Wildman–Crippen LogP) is 8.13. The van der Waals surface area contributed by atoms with Crippen molar-refractivity contribution in [2.75, 3.05) is 0 Å². The standard InChI is InChI=1S/C30H33.C17H9F6.2ClH.Hf/c1-29(2,3)24-17-23(18-25(20-24)30(4,5)6)27-19-22-14-10-11-15-26(22)28(27)16-21-12-8-7-9-13-21;18-16(19,20)14-7-13(8-15(9-14)17(21,22)23)12-5-10-3-1-2-4-11(10)6-12;;;/h7-15,17-18,20,28H,16H2,1-6H3;1-9H;2*1H;/q2*-1;;;+4/p-2. The van der Waals surface area contributed by atoms with Gasteiger partial charge < -0.3 is 24.8 Å². The average Bonchev–Trinajstić information content (AvgIpc) is 3.69. The fourth-order valence-electron chi connectivity index (χ4n) is 6.73. The third kappa shape index (κ3) is 10.9.